The number of rotatable bonds is 4. The van der Waals surface area contributed by atoms with Crippen molar-refractivity contribution >= 4 is 34.2 Å². The van der Waals surface area contributed by atoms with Crippen LogP contribution in [-0.4, -0.2) is 12.0 Å². The van der Waals surface area contributed by atoms with Crippen molar-refractivity contribution in [1.82, 2.24) is 0 Å². The summed E-state index contributed by atoms with van der Waals surface area (Å²) < 4.78 is 6.77. The molecule has 2 rings (SSSR count). The van der Waals surface area contributed by atoms with Crippen LogP contribution in [-0.2, 0) is 4.79 Å². The van der Waals surface area contributed by atoms with Gasteiger partial charge in [-0.25, -0.2) is 0 Å². The zero-order valence-corrected chi connectivity index (χ0v) is 14.5. The number of aryl methyl sites for hydroxylation is 2. The van der Waals surface area contributed by atoms with Gasteiger partial charge in [-0.05, 0) is 72.7 Å². The van der Waals surface area contributed by atoms with Crippen molar-refractivity contribution in [3.05, 3.63) is 57.2 Å². The second kappa shape index (κ2) is 6.93. The summed E-state index contributed by atoms with van der Waals surface area (Å²) in [6.07, 6.45) is -0.554. The number of hydrogen-bond donors (Lipinski definition) is 1. The predicted octanol–water partition coefficient (Wildman–Crippen LogP) is 4.31. The van der Waals surface area contributed by atoms with Crippen LogP contribution in [0.25, 0.3) is 0 Å². The summed E-state index contributed by atoms with van der Waals surface area (Å²) in [4.78, 5) is 12.3. The molecule has 2 aromatic carbocycles. The van der Waals surface area contributed by atoms with Crippen molar-refractivity contribution in [2.45, 2.75) is 26.9 Å². The molecule has 1 N–H and O–H groups in total. The third-order valence-corrected chi connectivity index (χ3v) is 3.88. The van der Waals surface area contributed by atoms with E-state index in [4.69, 9.17) is 4.74 Å². The Morgan fingerprint density at radius 1 is 1.14 bits per heavy atom. The van der Waals surface area contributed by atoms with Crippen LogP contribution in [0.4, 0.5) is 5.69 Å². The highest BCUT2D eigenvalue weighted by molar-refractivity contribution is 14.1. The van der Waals surface area contributed by atoms with Crippen LogP contribution < -0.4 is 10.1 Å². The Labute approximate surface area is 138 Å². The first-order chi connectivity index (χ1) is 9.97. The van der Waals surface area contributed by atoms with Crippen molar-refractivity contribution in [2.75, 3.05) is 5.32 Å². The molecule has 3 nitrogen and oxygen atoms in total. The number of nitrogens with one attached hydrogen (secondary N) is 1. The molecule has 0 spiro atoms. The molecule has 4 heteroatoms. The zero-order valence-electron chi connectivity index (χ0n) is 12.3. The third kappa shape index (κ3) is 4.20. The number of hydrogen-bond acceptors (Lipinski definition) is 2. The minimum absolute atomic E-state index is 0.147. The van der Waals surface area contributed by atoms with Gasteiger partial charge in [0.25, 0.3) is 5.91 Å². The van der Waals surface area contributed by atoms with Crippen LogP contribution in [0.1, 0.15) is 18.1 Å². The normalized spacial score (nSPS) is 11.8. The minimum atomic E-state index is -0.554. The average molecular weight is 395 g/mol. The molecule has 110 valence electrons. The standard InChI is InChI=1S/C17H18INO2/c1-11-6-4-7-12(2)16(11)19-17(20)13(3)21-15-9-5-8-14(18)10-15/h4-10,13H,1-3H3,(H,19,20). The van der Waals surface area contributed by atoms with Crippen LogP contribution >= 0.6 is 22.6 Å². The van der Waals surface area contributed by atoms with Crippen molar-refractivity contribution < 1.29 is 9.53 Å². The summed E-state index contributed by atoms with van der Waals surface area (Å²) in [5.41, 5.74) is 2.95. The maximum Gasteiger partial charge on any atom is 0.265 e. The van der Waals surface area contributed by atoms with E-state index in [1.54, 1.807) is 6.92 Å². The van der Waals surface area contributed by atoms with Gasteiger partial charge >= 0.3 is 0 Å². The Kier molecular flexibility index (Phi) is 5.22. The summed E-state index contributed by atoms with van der Waals surface area (Å²) in [7, 11) is 0. The molecule has 0 fully saturated rings. The number of carbonyl (C=O) groups excluding carboxylic acids is 1. The second-order valence-electron chi connectivity index (χ2n) is 4.97. The monoisotopic (exact) mass is 395 g/mol. The first-order valence-electron chi connectivity index (χ1n) is 6.76. The summed E-state index contributed by atoms with van der Waals surface area (Å²) in [5.74, 6) is 0.553. The van der Waals surface area contributed by atoms with Crippen molar-refractivity contribution in [3.63, 3.8) is 0 Å². The number of amides is 1. The molecule has 0 bridgehead atoms. The summed E-state index contributed by atoms with van der Waals surface area (Å²) in [5, 5.41) is 2.95. The third-order valence-electron chi connectivity index (χ3n) is 3.21. The fraction of sp³-hybridized carbons (Fsp3) is 0.235. The van der Waals surface area contributed by atoms with E-state index in [1.807, 2.05) is 56.3 Å². The van der Waals surface area contributed by atoms with E-state index in [-0.39, 0.29) is 5.91 Å². The van der Waals surface area contributed by atoms with Crippen molar-refractivity contribution in [2.24, 2.45) is 0 Å². The maximum atomic E-state index is 12.3. The van der Waals surface area contributed by atoms with Gasteiger partial charge in [0, 0.05) is 9.26 Å². The quantitative estimate of drug-likeness (QED) is 0.784. The second-order valence-corrected chi connectivity index (χ2v) is 6.22. The van der Waals surface area contributed by atoms with Crippen LogP contribution in [0.3, 0.4) is 0 Å². The highest BCUT2D eigenvalue weighted by Crippen LogP contribution is 2.21. The number of benzene rings is 2. The number of carbonyl (C=O) groups is 1. The highest BCUT2D eigenvalue weighted by Gasteiger charge is 2.16. The Balaban J connectivity index is 2.06. The Bertz CT molecular complexity index is 635. The molecule has 0 aliphatic carbocycles. The molecule has 0 saturated carbocycles. The van der Waals surface area contributed by atoms with E-state index in [0.717, 1.165) is 20.4 Å². The van der Waals surface area contributed by atoms with E-state index in [2.05, 4.69) is 27.9 Å². The lowest BCUT2D eigenvalue weighted by Crippen LogP contribution is -2.30. The van der Waals surface area contributed by atoms with E-state index in [9.17, 15) is 4.79 Å². The summed E-state index contributed by atoms with van der Waals surface area (Å²) in [6.45, 7) is 5.71. The van der Waals surface area contributed by atoms with Crippen LogP contribution in [0.5, 0.6) is 5.75 Å². The molecule has 1 unspecified atom stereocenters. The van der Waals surface area contributed by atoms with Gasteiger partial charge in [0.05, 0.1) is 0 Å². The number of anilines is 1. The minimum Gasteiger partial charge on any atom is -0.481 e. The van der Waals surface area contributed by atoms with Gasteiger partial charge in [0.2, 0.25) is 0 Å². The average Bonchev–Trinajstić information content (AvgIpc) is 2.43. The molecule has 0 heterocycles. The summed E-state index contributed by atoms with van der Waals surface area (Å²) in [6, 6.07) is 13.6. The molecule has 21 heavy (non-hydrogen) atoms. The first-order valence-corrected chi connectivity index (χ1v) is 7.84. The molecule has 0 aromatic heterocycles. The van der Waals surface area contributed by atoms with Gasteiger partial charge in [-0.2, -0.15) is 0 Å². The van der Waals surface area contributed by atoms with Crippen molar-refractivity contribution in [1.29, 1.82) is 0 Å². The SMILES string of the molecule is Cc1cccc(C)c1NC(=O)C(C)Oc1cccc(I)c1. The Morgan fingerprint density at radius 3 is 2.38 bits per heavy atom. The number of ether oxygens (including phenoxy) is 1. The fourth-order valence-electron chi connectivity index (χ4n) is 2.03. The van der Waals surface area contributed by atoms with Gasteiger partial charge < -0.3 is 10.1 Å². The van der Waals surface area contributed by atoms with Crippen molar-refractivity contribution in [3.8, 4) is 5.75 Å². The molecule has 0 saturated heterocycles. The van der Waals surface area contributed by atoms with Gasteiger partial charge in [-0.1, -0.05) is 24.3 Å². The smallest absolute Gasteiger partial charge is 0.265 e. The molecule has 0 aliphatic rings. The molecular weight excluding hydrogens is 377 g/mol. The lowest BCUT2D eigenvalue weighted by Gasteiger charge is -2.17. The van der Waals surface area contributed by atoms with E-state index >= 15 is 0 Å². The lowest BCUT2D eigenvalue weighted by atomic mass is 10.1. The zero-order chi connectivity index (χ0) is 15.4. The Morgan fingerprint density at radius 2 is 1.76 bits per heavy atom. The molecule has 1 amide bonds. The van der Waals surface area contributed by atoms with Crippen LogP contribution in [0.15, 0.2) is 42.5 Å². The van der Waals surface area contributed by atoms with Gasteiger partial charge in [0.1, 0.15) is 5.75 Å². The molecule has 1 atom stereocenters. The van der Waals surface area contributed by atoms with E-state index in [1.165, 1.54) is 0 Å². The molecule has 0 aliphatic heterocycles. The largest absolute Gasteiger partial charge is 0.481 e. The van der Waals surface area contributed by atoms with Crippen LogP contribution in [0.2, 0.25) is 0 Å². The molecule has 0 radical (unpaired) electrons. The maximum absolute atomic E-state index is 12.3. The van der Waals surface area contributed by atoms with E-state index in [0.29, 0.717) is 5.75 Å². The molecular formula is C17H18INO2. The van der Waals surface area contributed by atoms with Crippen LogP contribution in [0, 0.1) is 17.4 Å². The Hall–Kier alpha value is -1.56. The first kappa shape index (κ1) is 15.8. The number of halogens is 1. The summed E-state index contributed by atoms with van der Waals surface area (Å²) >= 11 is 2.22. The number of para-hydroxylation sites is 1. The topological polar surface area (TPSA) is 38.3 Å². The highest BCUT2D eigenvalue weighted by atomic mass is 127. The van der Waals surface area contributed by atoms with E-state index < -0.39 is 6.10 Å². The van der Waals surface area contributed by atoms with Gasteiger partial charge in [-0.3, -0.25) is 4.79 Å². The van der Waals surface area contributed by atoms with Gasteiger partial charge in [-0.15, -0.1) is 0 Å². The lowest BCUT2D eigenvalue weighted by molar-refractivity contribution is -0.122. The predicted molar refractivity (Wildman–Crippen MR) is 93.8 cm³/mol. The molecule has 2 aromatic rings. The fourth-order valence-corrected chi connectivity index (χ4v) is 2.55. The van der Waals surface area contributed by atoms with Gasteiger partial charge in [0.15, 0.2) is 6.10 Å².